The average molecular weight is 418 g/mol. The molecule has 1 amide bonds. The Balaban J connectivity index is 1.69. The molecule has 0 saturated heterocycles. The molecular formula is C19H18N2O5S2. The zero-order valence-corrected chi connectivity index (χ0v) is 16.7. The molecule has 3 rings (SSSR count). The van der Waals surface area contributed by atoms with Gasteiger partial charge in [-0.1, -0.05) is 12.1 Å². The van der Waals surface area contributed by atoms with E-state index in [-0.39, 0.29) is 5.75 Å². The van der Waals surface area contributed by atoms with Crippen LogP contribution in [0.25, 0.3) is 0 Å². The Morgan fingerprint density at radius 1 is 1.18 bits per heavy atom. The molecule has 0 aromatic heterocycles. The first-order chi connectivity index (χ1) is 13.4. The summed E-state index contributed by atoms with van der Waals surface area (Å²) in [7, 11) is -3.67. The van der Waals surface area contributed by atoms with Gasteiger partial charge in [-0.05, 0) is 30.0 Å². The summed E-state index contributed by atoms with van der Waals surface area (Å²) >= 11 is 1.41. The largest absolute Gasteiger partial charge is 0.486 e. The van der Waals surface area contributed by atoms with Crippen molar-refractivity contribution >= 4 is 33.2 Å². The second kappa shape index (κ2) is 8.54. The van der Waals surface area contributed by atoms with Crippen molar-refractivity contribution in [1.82, 2.24) is 0 Å². The summed E-state index contributed by atoms with van der Waals surface area (Å²) in [6.07, 6.45) is 1.85. The van der Waals surface area contributed by atoms with E-state index in [0.717, 1.165) is 4.90 Å². The van der Waals surface area contributed by atoms with E-state index in [1.165, 1.54) is 11.8 Å². The van der Waals surface area contributed by atoms with Crippen LogP contribution in [0.4, 0.5) is 5.69 Å². The van der Waals surface area contributed by atoms with Gasteiger partial charge in [0.05, 0.1) is 23.1 Å². The number of benzene rings is 2. The molecule has 0 spiro atoms. The number of nitrogens with zero attached hydrogens (tertiary/aromatic N) is 1. The number of thioether (sulfide) groups is 1. The monoisotopic (exact) mass is 418 g/mol. The van der Waals surface area contributed by atoms with Crippen molar-refractivity contribution in [1.29, 1.82) is 5.26 Å². The van der Waals surface area contributed by atoms with Crippen LogP contribution in [-0.4, -0.2) is 39.5 Å². The van der Waals surface area contributed by atoms with Crippen molar-refractivity contribution in [3.05, 3.63) is 47.5 Å². The van der Waals surface area contributed by atoms with E-state index in [0.29, 0.717) is 41.5 Å². The maximum absolute atomic E-state index is 12.4. The Morgan fingerprint density at radius 2 is 1.82 bits per heavy atom. The fourth-order valence-electron chi connectivity index (χ4n) is 2.70. The van der Waals surface area contributed by atoms with Crippen molar-refractivity contribution in [2.45, 2.75) is 10.6 Å². The Bertz CT molecular complexity index is 1030. The van der Waals surface area contributed by atoms with Gasteiger partial charge in [-0.15, -0.1) is 11.8 Å². The van der Waals surface area contributed by atoms with Gasteiger partial charge in [-0.3, -0.25) is 4.79 Å². The quantitative estimate of drug-likeness (QED) is 0.719. The number of hydrogen-bond acceptors (Lipinski definition) is 7. The molecule has 9 heteroatoms. The van der Waals surface area contributed by atoms with Crippen molar-refractivity contribution < 1.29 is 22.7 Å². The van der Waals surface area contributed by atoms with Gasteiger partial charge >= 0.3 is 0 Å². The van der Waals surface area contributed by atoms with E-state index in [1.54, 1.807) is 36.4 Å². The zero-order chi connectivity index (χ0) is 20.1. The third-order valence-electron chi connectivity index (χ3n) is 3.96. The lowest BCUT2D eigenvalue weighted by molar-refractivity contribution is -0.113. The van der Waals surface area contributed by atoms with Gasteiger partial charge in [0, 0.05) is 11.0 Å². The van der Waals surface area contributed by atoms with Crippen LogP contribution < -0.4 is 14.8 Å². The van der Waals surface area contributed by atoms with Crippen LogP contribution in [0.15, 0.2) is 41.3 Å². The predicted octanol–water partition coefficient (Wildman–Crippen LogP) is 2.60. The molecule has 1 N–H and O–H groups in total. The SMILES string of the molecule is CSc1cc2c(cc1NC(=O)CS(=O)(=O)Cc1ccc(C#N)cc1)OCCO2. The Morgan fingerprint density at radius 3 is 2.43 bits per heavy atom. The van der Waals surface area contributed by atoms with Gasteiger partial charge < -0.3 is 14.8 Å². The van der Waals surface area contributed by atoms with Crippen LogP contribution in [0, 0.1) is 11.3 Å². The van der Waals surface area contributed by atoms with Gasteiger partial charge in [-0.2, -0.15) is 5.26 Å². The van der Waals surface area contributed by atoms with Gasteiger partial charge in [0.25, 0.3) is 0 Å². The smallest absolute Gasteiger partial charge is 0.239 e. The van der Waals surface area contributed by atoms with E-state index in [4.69, 9.17) is 14.7 Å². The molecule has 2 aromatic carbocycles. The number of anilines is 1. The number of nitrogens with one attached hydrogen (secondary N) is 1. The Labute approximate surface area is 167 Å². The molecule has 0 unspecified atom stereocenters. The number of sulfone groups is 1. The molecule has 0 aliphatic carbocycles. The topological polar surface area (TPSA) is 105 Å². The second-order valence-corrected chi connectivity index (χ2v) is 9.00. The van der Waals surface area contributed by atoms with E-state index < -0.39 is 21.5 Å². The van der Waals surface area contributed by atoms with E-state index in [2.05, 4.69) is 5.32 Å². The number of nitriles is 1. The third kappa shape index (κ3) is 4.97. The standard InChI is InChI=1S/C19H18N2O5S2/c1-27-18-9-17-16(25-6-7-26-17)8-15(18)21-19(22)12-28(23,24)11-14-4-2-13(10-20)3-5-14/h2-5,8-9H,6-7,11-12H2,1H3,(H,21,22). The molecule has 146 valence electrons. The van der Waals surface area contributed by atoms with Crippen LogP contribution >= 0.6 is 11.8 Å². The molecule has 0 bridgehead atoms. The molecule has 7 nitrogen and oxygen atoms in total. The molecular weight excluding hydrogens is 400 g/mol. The summed E-state index contributed by atoms with van der Waals surface area (Å²) in [5.41, 5.74) is 1.45. The molecule has 1 aliphatic heterocycles. The highest BCUT2D eigenvalue weighted by Gasteiger charge is 2.21. The number of carbonyl (C=O) groups excluding carboxylic acids is 1. The van der Waals surface area contributed by atoms with Crippen LogP contribution in [0.2, 0.25) is 0 Å². The number of fused-ring (bicyclic) bond motifs is 1. The lowest BCUT2D eigenvalue weighted by Gasteiger charge is -2.21. The number of ether oxygens (including phenoxy) is 2. The predicted molar refractivity (Wildman–Crippen MR) is 106 cm³/mol. The molecule has 2 aromatic rings. The summed E-state index contributed by atoms with van der Waals surface area (Å²) in [4.78, 5) is 13.1. The summed E-state index contributed by atoms with van der Waals surface area (Å²) in [5.74, 6) is -0.430. The van der Waals surface area contributed by atoms with Gasteiger partial charge in [-0.25, -0.2) is 8.42 Å². The molecule has 0 saturated carbocycles. The Kier molecular flexibility index (Phi) is 6.11. The highest BCUT2D eigenvalue weighted by atomic mass is 32.2. The zero-order valence-electron chi connectivity index (χ0n) is 15.1. The van der Waals surface area contributed by atoms with Gasteiger partial charge in [0.15, 0.2) is 21.3 Å². The summed E-state index contributed by atoms with van der Waals surface area (Å²) in [5, 5.41) is 11.5. The maximum atomic E-state index is 12.4. The lowest BCUT2D eigenvalue weighted by Crippen LogP contribution is -2.24. The number of rotatable bonds is 6. The third-order valence-corrected chi connectivity index (χ3v) is 6.21. The fraction of sp³-hybridized carbons (Fsp3) is 0.263. The first kappa shape index (κ1) is 20.0. The second-order valence-electron chi connectivity index (χ2n) is 6.09. The highest BCUT2D eigenvalue weighted by molar-refractivity contribution is 7.98. The first-order valence-electron chi connectivity index (χ1n) is 8.37. The maximum Gasteiger partial charge on any atom is 0.239 e. The van der Waals surface area contributed by atoms with Crippen LogP contribution in [-0.2, 0) is 20.4 Å². The molecule has 1 heterocycles. The average Bonchev–Trinajstić information content (AvgIpc) is 2.67. The summed E-state index contributed by atoms with van der Waals surface area (Å²) in [6, 6.07) is 11.6. The summed E-state index contributed by atoms with van der Waals surface area (Å²) < 4.78 is 35.8. The number of hydrogen-bond donors (Lipinski definition) is 1. The normalized spacial score (nSPS) is 12.9. The van der Waals surface area contributed by atoms with Crippen LogP contribution in [0.5, 0.6) is 11.5 Å². The molecule has 28 heavy (non-hydrogen) atoms. The van der Waals surface area contributed by atoms with Crippen molar-refractivity contribution in [3.63, 3.8) is 0 Å². The van der Waals surface area contributed by atoms with Crippen molar-refractivity contribution in [3.8, 4) is 17.6 Å². The minimum atomic E-state index is -3.67. The fourth-order valence-corrected chi connectivity index (χ4v) is 4.53. The van der Waals surface area contributed by atoms with Crippen molar-refractivity contribution in [2.75, 3.05) is 30.5 Å². The minimum absolute atomic E-state index is 0.275. The van der Waals surface area contributed by atoms with Gasteiger partial charge in [0.1, 0.15) is 19.0 Å². The highest BCUT2D eigenvalue weighted by Crippen LogP contribution is 2.39. The molecule has 1 aliphatic rings. The molecule has 0 radical (unpaired) electrons. The van der Waals surface area contributed by atoms with E-state index in [1.807, 2.05) is 12.3 Å². The number of carbonyl (C=O) groups is 1. The number of amides is 1. The minimum Gasteiger partial charge on any atom is -0.486 e. The van der Waals surface area contributed by atoms with Crippen LogP contribution in [0.1, 0.15) is 11.1 Å². The van der Waals surface area contributed by atoms with E-state index >= 15 is 0 Å². The van der Waals surface area contributed by atoms with Crippen LogP contribution in [0.3, 0.4) is 0 Å². The van der Waals surface area contributed by atoms with Crippen molar-refractivity contribution in [2.24, 2.45) is 0 Å². The summed E-state index contributed by atoms with van der Waals surface area (Å²) in [6.45, 7) is 0.873. The lowest BCUT2D eigenvalue weighted by atomic mass is 10.2. The molecule has 0 fully saturated rings. The van der Waals surface area contributed by atoms with Gasteiger partial charge in [0.2, 0.25) is 5.91 Å². The Hall–Kier alpha value is -2.70. The molecule has 0 atom stereocenters. The van der Waals surface area contributed by atoms with E-state index in [9.17, 15) is 13.2 Å². The first-order valence-corrected chi connectivity index (χ1v) is 11.4.